The summed E-state index contributed by atoms with van der Waals surface area (Å²) in [6, 6.07) is 11.5. The van der Waals surface area contributed by atoms with Gasteiger partial charge in [-0.05, 0) is 45.7 Å². The van der Waals surface area contributed by atoms with Gasteiger partial charge < -0.3 is 8.98 Å². The van der Waals surface area contributed by atoms with Gasteiger partial charge in [0, 0.05) is 49.6 Å². The Balaban J connectivity index is 0.00000210. The summed E-state index contributed by atoms with van der Waals surface area (Å²) in [6.45, 7) is 12.4. The number of aryl methyl sites for hydroxylation is 5. The number of fused-ring (bicyclic) bond motifs is 1. The molecule has 0 aliphatic rings. The minimum Gasteiger partial charge on any atom is -0.461 e. The van der Waals surface area contributed by atoms with E-state index in [0.29, 0.717) is 5.89 Å². The van der Waals surface area contributed by atoms with Crippen molar-refractivity contribution >= 4 is 11.1 Å². The fourth-order valence-corrected chi connectivity index (χ4v) is 3.75. The maximum Gasteiger partial charge on any atom is 0.180 e. The van der Waals surface area contributed by atoms with E-state index in [9.17, 15) is 0 Å². The molecule has 0 bridgehead atoms. The number of rotatable bonds is 2. The molecule has 2 aromatic carbocycles. The summed E-state index contributed by atoms with van der Waals surface area (Å²) in [5.74, 6) is 1.50. The average molecular weight is 537 g/mol. The van der Waals surface area contributed by atoms with Crippen LogP contribution < -0.4 is 0 Å². The van der Waals surface area contributed by atoms with Crippen molar-refractivity contribution < 1.29 is 24.5 Å². The number of aromatic nitrogens is 3. The minimum atomic E-state index is 0. The maximum atomic E-state index is 5.71. The van der Waals surface area contributed by atoms with Crippen LogP contribution >= 0.6 is 0 Å². The summed E-state index contributed by atoms with van der Waals surface area (Å²) in [4.78, 5) is 9.44. The summed E-state index contributed by atoms with van der Waals surface area (Å²) in [5.41, 5.74) is 9.47. The number of benzene rings is 2. The van der Waals surface area contributed by atoms with E-state index in [1.807, 2.05) is 26.0 Å². The van der Waals surface area contributed by atoms with Gasteiger partial charge in [-0.1, -0.05) is 29.3 Å². The van der Waals surface area contributed by atoms with Crippen molar-refractivity contribution in [1.29, 1.82) is 0 Å². The van der Waals surface area contributed by atoms with E-state index in [4.69, 9.17) is 9.40 Å². The van der Waals surface area contributed by atoms with Gasteiger partial charge in [-0.3, -0.25) is 9.97 Å². The van der Waals surface area contributed by atoms with E-state index in [-0.39, 0.29) is 20.1 Å². The summed E-state index contributed by atoms with van der Waals surface area (Å²) < 4.78 is 7.94. The summed E-state index contributed by atoms with van der Waals surface area (Å²) >= 11 is 0. The molecule has 4 rings (SSSR count). The molecule has 27 heavy (non-hydrogen) atoms. The normalized spacial score (nSPS) is 11.0. The van der Waals surface area contributed by atoms with Crippen molar-refractivity contribution in [2.75, 3.05) is 0 Å². The largest absolute Gasteiger partial charge is 0.461 e. The van der Waals surface area contributed by atoms with Crippen LogP contribution in [0.3, 0.4) is 0 Å². The quantitative estimate of drug-likeness (QED) is 0.326. The van der Waals surface area contributed by atoms with Crippen LogP contribution in [-0.2, 0) is 20.1 Å². The molecule has 0 unspecified atom stereocenters. The number of nitrogens with zero attached hydrogens (tertiary/aromatic N) is 3. The van der Waals surface area contributed by atoms with Crippen molar-refractivity contribution in [2.24, 2.45) is 0 Å². The van der Waals surface area contributed by atoms with Crippen molar-refractivity contribution in [3.8, 4) is 17.1 Å². The Kier molecular flexibility index (Phi) is 5.11. The van der Waals surface area contributed by atoms with Gasteiger partial charge in [0.2, 0.25) is 0 Å². The standard InChI is InChI=1S/C22H22N3O.Ir/c1-12-10-13(2)21(14(3)11-12)25-16(5)15(4)23-22(25)18-8-7-9-19-20(18)24-17(6)26-19;/h7,9-11H,1-6H3;/q-1;. The van der Waals surface area contributed by atoms with E-state index in [1.54, 1.807) is 0 Å². The SMILES string of the molecule is Cc1cc(C)c(-n2c(-c3[c-]ccc4oc(C)nc34)nc(C)c2C)c(C)c1.[Ir]. The fourth-order valence-electron chi connectivity index (χ4n) is 3.75. The molecule has 2 heterocycles. The first-order chi connectivity index (χ1) is 12.4. The van der Waals surface area contributed by atoms with Crippen LogP contribution in [0.2, 0.25) is 0 Å². The first-order valence-electron chi connectivity index (χ1n) is 8.79. The minimum absolute atomic E-state index is 0. The number of hydrogen-bond donors (Lipinski definition) is 0. The smallest absolute Gasteiger partial charge is 0.180 e. The van der Waals surface area contributed by atoms with Gasteiger partial charge in [0.15, 0.2) is 5.89 Å². The molecule has 0 spiro atoms. The molecule has 0 amide bonds. The van der Waals surface area contributed by atoms with Crippen LogP contribution in [-0.4, -0.2) is 14.5 Å². The summed E-state index contributed by atoms with van der Waals surface area (Å²) in [6.07, 6.45) is 0. The van der Waals surface area contributed by atoms with Crippen LogP contribution in [0.5, 0.6) is 0 Å². The average Bonchev–Trinajstić information content (AvgIpc) is 3.07. The second kappa shape index (κ2) is 7.06. The number of oxazole rings is 1. The van der Waals surface area contributed by atoms with Gasteiger partial charge in [0.1, 0.15) is 0 Å². The van der Waals surface area contributed by atoms with Crippen molar-refractivity contribution in [1.82, 2.24) is 14.5 Å². The van der Waals surface area contributed by atoms with Crippen molar-refractivity contribution in [3.63, 3.8) is 0 Å². The molecule has 0 saturated heterocycles. The summed E-state index contributed by atoms with van der Waals surface area (Å²) in [7, 11) is 0. The molecular formula is C22H22IrN3O-. The monoisotopic (exact) mass is 537 g/mol. The van der Waals surface area contributed by atoms with Crippen LogP contribution in [0, 0.1) is 47.6 Å². The van der Waals surface area contributed by atoms with Crippen molar-refractivity contribution in [3.05, 3.63) is 64.3 Å². The van der Waals surface area contributed by atoms with Gasteiger partial charge in [-0.2, -0.15) is 0 Å². The van der Waals surface area contributed by atoms with Gasteiger partial charge in [-0.15, -0.1) is 12.1 Å². The number of imidazole rings is 1. The first kappa shape index (κ1) is 19.5. The number of hydrogen-bond acceptors (Lipinski definition) is 3. The molecule has 0 N–H and O–H groups in total. The molecule has 0 fully saturated rings. The second-order valence-electron chi connectivity index (χ2n) is 6.99. The molecular weight excluding hydrogens is 514 g/mol. The van der Waals surface area contributed by atoms with E-state index < -0.39 is 0 Å². The molecule has 4 nitrogen and oxygen atoms in total. The Morgan fingerprint density at radius 1 is 0.963 bits per heavy atom. The van der Waals surface area contributed by atoms with Gasteiger partial charge in [0.25, 0.3) is 0 Å². The zero-order valence-electron chi connectivity index (χ0n) is 16.4. The van der Waals surface area contributed by atoms with Gasteiger partial charge >= 0.3 is 0 Å². The molecule has 0 aliphatic heterocycles. The predicted octanol–water partition coefficient (Wildman–Crippen LogP) is 5.33. The molecule has 5 heteroatoms. The predicted molar refractivity (Wildman–Crippen MR) is 104 cm³/mol. The third kappa shape index (κ3) is 3.15. The van der Waals surface area contributed by atoms with Crippen LogP contribution in [0.4, 0.5) is 0 Å². The molecule has 2 aromatic heterocycles. The van der Waals surface area contributed by atoms with Gasteiger partial charge in [-0.25, -0.2) is 0 Å². The van der Waals surface area contributed by atoms with Crippen molar-refractivity contribution in [2.45, 2.75) is 41.5 Å². The molecule has 0 atom stereocenters. The third-order valence-electron chi connectivity index (χ3n) is 4.89. The summed E-state index contributed by atoms with van der Waals surface area (Å²) in [5, 5.41) is 0. The Morgan fingerprint density at radius 2 is 1.63 bits per heavy atom. The molecule has 0 aliphatic carbocycles. The molecule has 4 aromatic rings. The zero-order chi connectivity index (χ0) is 18.6. The Bertz CT molecular complexity index is 1130. The maximum absolute atomic E-state index is 5.71. The van der Waals surface area contributed by atoms with Crippen LogP contribution in [0.1, 0.15) is 34.0 Å². The van der Waals surface area contributed by atoms with E-state index in [0.717, 1.165) is 33.9 Å². The first-order valence-corrected chi connectivity index (χ1v) is 8.79. The van der Waals surface area contributed by atoms with Crippen LogP contribution in [0.25, 0.3) is 28.2 Å². The fraction of sp³-hybridized carbons (Fsp3) is 0.273. The third-order valence-corrected chi connectivity index (χ3v) is 4.89. The van der Waals surface area contributed by atoms with Gasteiger partial charge in [0.05, 0.1) is 11.4 Å². The zero-order valence-corrected chi connectivity index (χ0v) is 18.8. The Labute approximate surface area is 173 Å². The molecule has 141 valence electrons. The molecule has 1 radical (unpaired) electrons. The Hall–Kier alpha value is -2.23. The topological polar surface area (TPSA) is 43.9 Å². The van der Waals surface area contributed by atoms with Crippen LogP contribution in [0.15, 0.2) is 28.7 Å². The van der Waals surface area contributed by atoms with E-state index in [1.165, 1.54) is 22.4 Å². The van der Waals surface area contributed by atoms with E-state index in [2.05, 4.69) is 55.4 Å². The second-order valence-corrected chi connectivity index (χ2v) is 6.99. The Morgan fingerprint density at radius 3 is 2.30 bits per heavy atom. The molecule has 0 saturated carbocycles. The van der Waals surface area contributed by atoms with E-state index >= 15 is 0 Å².